The number of carbonyl (C=O) groups excluding carboxylic acids is 2. The van der Waals surface area contributed by atoms with Crippen LogP contribution in [0.4, 0.5) is 0 Å². The molecule has 3 heterocycles. The summed E-state index contributed by atoms with van der Waals surface area (Å²) in [5.41, 5.74) is 2.43. The Morgan fingerprint density at radius 1 is 1.25 bits per heavy atom. The zero-order valence-electron chi connectivity index (χ0n) is 14.2. The van der Waals surface area contributed by atoms with Crippen molar-refractivity contribution in [1.82, 2.24) is 9.80 Å². The van der Waals surface area contributed by atoms with Gasteiger partial charge in [0.15, 0.2) is 0 Å². The minimum atomic E-state index is -0.256. The van der Waals surface area contributed by atoms with E-state index in [9.17, 15) is 9.59 Å². The number of likely N-dealkylation sites (N-methyl/N-ethyl adjacent to an activating group) is 1. The van der Waals surface area contributed by atoms with Gasteiger partial charge in [-0.1, -0.05) is 0 Å². The minimum Gasteiger partial charge on any atom is -0.363 e. The second-order valence-electron chi connectivity index (χ2n) is 7.29. The van der Waals surface area contributed by atoms with Gasteiger partial charge in [0.2, 0.25) is 5.91 Å². The fraction of sp³-hybridized carbons (Fsp3) is 0.667. The monoisotopic (exact) mass is 348 g/mol. The van der Waals surface area contributed by atoms with Crippen LogP contribution in [0, 0.1) is 0 Å². The van der Waals surface area contributed by atoms with E-state index in [1.165, 1.54) is 24.0 Å². The first-order valence-corrected chi connectivity index (χ1v) is 9.72. The van der Waals surface area contributed by atoms with E-state index in [4.69, 9.17) is 4.74 Å². The van der Waals surface area contributed by atoms with E-state index < -0.39 is 0 Å². The van der Waals surface area contributed by atoms with Crippen molar-refractivity contribution in [2.45, 2.75) is 44.1 Å². The molecule has 1 spiro atoms. The molecular weight excluding hydrogens is 324 g/mol. The lowest BCUT2D eigenvalue weighted by Gasteiger charge is -2.46. The molecule has 2 amide bonds. The van der Waals surface area contributed by atoms with E-state index in [0.29, 0.717) is 19.6 Å². The Morgan fingerprint density at radius 2 is 2.00 bits per heavy atom. The molecule has 4 rings (SSSR count). The highest BCUT2D eigenvalue weighted by atomic mass is 32.1. The molecule has 0 radical (unpaired) electrons. The van der Waals surface area contributed by atoms with E-state index in [1.54, 1.807) is 16.2 Å². The second kappa shape index (κ2) is 6.15. The van der Waals surface area contributed by atoms with Gasteiger partial charge in [0.05, 0.1) is 10.5 Å². The SMILES string of the molecule is CN1CC2(CCN(C(=O)c3scc4c3CCCC4)CC2)OCC1=O. The van der Waals surface area contributed by atoms with Crippen molar-refractivity contribution < 1.29 is 14.3 Å². The highest BCUT2D eigenvalue weighted by molar-refractivity contribution is 7.12. The van der Waals surface area contributed by atoms with Crippen LogP contribution in [-0.2, 0) is 22.4 Å². The van der Waals surface area contributed by atoms with Crippen LogP contribution in [-0.4, -0.2) is 60.5 Å². The molecule has 0 atom stereocenters. The first-order chi connectivity index (χ1) is 11.6. The predicted octanol–water partition coefficient (Wildman–Crippen LogP) is 2.09. The fourth-order valence-corrected chi connectivity index (χ4v) is 5.28. The molecule has 0 saturated carbocycles. The summed E-state index contributed by atoms with van der Waals surface area (Å²) in [6.45, 7) is 2.24. The molecule has 0 bridgehead atoms. The summed E-state index contributed by atoms with van der Waals surface area (Å²) in [4.78, 5) is 29.3. The summed E-state index contributed by atoms with van der Waals surface area (Å²) in [7, 11) is 1.84. The minimum absolute atomic E-state index is 0.0457. The summed E-state index contributed by atoms with van der Waals surface area (Å²) in [5, 5.41) is 2.18. The quantitative estimate of drug-likeness (QED) is 0.781. The Kier molecular flexibility index (Phi) is 4.12. The lowest BCUT2D eigenvalue weighted by atomic mass is 9.89. The molecule has 24 heavy (non-hydrogen) atoms. The number of nitrogens with zero attached hydrogens (tertiary/aromatic N) is 2. The standard InChI is InChI=1S/C18H24N2O3S/c1-19-12-18(23-10-15(19)21)6-8-20(9-7-18)17(22)16-14-5-3-2-4-13(14)11-24-16/h11H,2-10,12H2,1H3. The second-order valence-corrected chi connectivity index (χ2v) is 8.17. The molecule has 3 aliphatic rings. The average molecular weight is 348 g/mol. The molecule has 0 N–H and O–H groups in total. The first-order valence-electron chi connectivity index (χ1n) is 8.84. The largest absolute Gasteiger partial charge is 0.363 e. The molecule has 0 aromatic carbocycles. The number of likely N-dealkylation sites (tertiary alicyclic amines) is 1. The van der Waals surface area contributed by atoms with Gasteiger partial charge in [-0.2, -0.15) is 0 Å². The van der Waals surface area contributed by atoms with E-state index in [1.807, 2.05) is 11.9 Å². The maximum Gasteiger partial charge on any atom is 0.264 e. The van der Waals surface area contributed by atoms with Crippen LogP contribution in [0.15, 0.2) is 5.38 Å². The van der Waals surface area contributed by atoms with Crippen LogP contribution in [0.2, 0.25) is 0 Å². The zero-order chi connectivity index (χ0) is 16.7. The van der Waals surface area contributed by atoms with Gasteiger partial charge in [0, 0.05) is 26.7 Å². The van der Waals surface area contributed by atoms with Crippen molar-refractivity contribution in [3.05, 3.63) is 21.4 Å². The number of rotatable bonds is 1. The molecule has 0 unspecified atom stereocenters. The van der Waals surface area contributed by atoms with Crippen LogP contribution in [0.25, 0.3) is 0 Å². The van der Waals surface area contributed by atoms with Gasteiger partial charge in [-0.25, -0.2) is 0 Å². The van der Waals surface area contributed by atoms with Gasteiger partial charge >= 0.3 is 0 Å². The molecule has 1 aromatic heterocycles. The molecule has 6 heteroatoms. The molecule has 130 valence electrons. The predicted molar refractivity (Wildman–Crippen MR) is 92.4 cm³/mol. The summed E-state index contributed by atoms with van der Waals surface area (Å²) in [6.07, 6.45) is 6.23. The Morgan fingerprint density at radius 3 is 2.75 bits per heavy atom. The van der Waals surface area contributed by atoms with Gasteiger partial charge < -0.3 is 14.5 Å². The van der Waals surface area contributed by atoms with Crippen LogP contribution in [0.3, 0.4) is 0 Å². The Hall–Kier alpha value is -1.40. The third kappa shape index (κ3) is 2.75. The lowest BCUT2D eigenvalue weighted by molar-refractivity contribution is -0.167. The summed E-state index contributed by atoms with van der Waals surface area (Å²) in [6, 6.07) is 0. The Labute approximate surface area is 146 Å². The average Bonchev–Trinajstić information content (AvgIpc) is 3.03. The van der Waals surface area contributed by atoms with Crippen LogP contribution in [0.5, 0.6) is 0 Å². The molecule has 2 saturated heterocycles. The smallest absolute Gasteiger partial charge is 0.264 e. The van der Waals surface area contributed by atoms with Gasteiger partial charge in [-0.15, -0.1) is 11.3 Å². The van der Waals surface area contributed by atoms with Crippen molar-refractivity contribution in [3.8, 4) is 0 Å². The summed E-state index contributed by atoms with van der Waals surface area (Å²) >= 11 is 1.62. The third-order valence-electron chi connectivity index (χ3n) is 5.71. The van der Waals surface area contributed by atoms with Crippen molar-refractivity contribution in [1.29, 1.82) is 0 Å². The fourth-order valence-electron chi connectivity index (χ4n) is 4.15. The van der Waals surface area contributed by atoms with E-state index >= 15 is 0 Å². The maximum absolute atomic E-state index is 13.0. The van der Waals surface area contributed by atoms with E-state index in [0.717, 1.165) is 30.6 Å². The van der Waals surface area contributed by atoms with Gasteiger partial charge in [0.25, 0.3) is 5.91 Å². The Bertz CT molecular complexity index is 661. The lowest BCUT2D eigenvalue weighted by Crippen LogP contribution is -2.58. The summed E-state index contributed by atoms with van der Waals surface area (Å²) < 4.78 is 5.87. The van der Waals surface area contributed by atoms with Gasteiger partial charge in [0.1, 0.15) is 6.61 Å². The third-order valence-corrected chi connectivity index (χ3v) is 6.77. The molecule has 2 aliphatic heterocycles. The van der Waals surface area contributed by atoms with Gasteiger partial charge in [-0.05, 0) is 55.0 Å². The Balaban J connectivity index is 1.43. The van der Waals surface area contributed by atoms with Crippen LogP contribution < -0.4 is 0 Å². The topological polar surface area (TPSA) is 49.9 Å². The number of hydrogen-bond acceptors (Lipinski definition) is 4. The van der Waals surface area contributed by atoms with Crippen LogP contribution in [0.1, 0.15) is 46.5 Å². The van der Waals surface area contributed by atoms with E-state index in [2.05, 4.69) is 5.38 Å². The molecule has 2 fully saturated rings. The number of thiophene rings is 1. The molecule has 1 aromatic rings. The number of morpholine rings is 1. The molecular formula is C18H24N2O3S. The molecule has 5 nitrogen and oxygen atoms in total. The number of piperidine rings is 1. The van der Waals surface area contributed by atoms with Crippen LogP contribution >= 0.6 is 11.3 Å². The van der Waals surface area contributed by atoms with Gasteiger partial charge in [-0.3, -0.25) is 9.59 Å². The van der Waals surface area contributed by atoms with Crippen molar-refractivity contribution in [3.63, 3.8) is 0 Å². The highest BCUT2D eigenvalue weighted by Crippen LogP contribution is 2.34. The number of aryl methyl sites for hydroxylation is 1. The number of amides is 2. The number of ether oxygens (including phenoxy) is 1. The number of carbonyl (C=O) groups is 2. The van der Waals surface area contributed by atoms with Crippen molar-refractivity contribution in [2.24, 2.45) is 0 Å². The summed E-state index contributed by atoms with van der Waals surface area (Å²) in [5.74, 6) is 0.239. The number of fused-ring (bicyclic) bond motifs is 1. The molecule has 1 aliphatic carbocycles. The van der Waals surface area contributed by atoms with E-state index in [-0.39, 0.29) is 24.0 Å². The van der Waals surface area contributed by atoms with Crippen molar-refractivity contribution in [2.75, 3.05) is 33.3 Å². The first kappa shape index (κ1) is 16.1. The van der Waals surface area contributed by atoms with Crippen molar-refractivity contribution >= 4 is 23.2 Å². The zero-order valence-corrected chi connectivity index (χ0v) is 15.0. The number of hydrogen-bond donors (Lipinski definition) is 0. The normalized spacial score (nSPS) is 23.5. The highest BCUT2D eigenvalue weighted by Gasteiger charge is 2.42. The maximum atomic E-state index is 13.0.